The molecule has 0 spiro atoms. The highest BCUT2D eigenvalue weighted by molar-refractivity contribution is 6.30. The van der Waals surface area contributed by atoms with Crippen molar-refractivity contribution in [1.29, 1.82) is 0 Å². The van der Waals surface area contributed by atoms with Crippen LogP contribution in [0, 0.1) is 5.95 Å². The summed E-state index contributed by atoms with van der Waals surface area (Å²) in [6.45, 7) is 0. The lowest BCUT2D eigenvalue weighted by Crippen LogP contribution is -1.95. The van der Waals surface area contributed by atoms with Crippen LogP contribution >= 0.6 is 11.6 Å². The summed E-state index contributed by atoms with van der Waals surface area (Å²) in [5.41, 5.74) is 2.48. The summed E-state index contributed by atoms with van der Waals surface area (Å²) in [4.78, 5) is 7.93. The monoisotopic (exact) mass is 287 g/mol. The van der Waals surface area contributed by atoms with Crippen LogP contribution in [0.1, 0.15) is 24.3 Å². The van der Waals surface area contributed by atoms with E-state index in [4.69, 9.17) is 11.6 Å². The van der Waals surface area contributed by atoms with Gasteiger partial charge in [0.05, 0.1) is 5.39 Å². The number of hydrogen-bond acceptors (Lipinski definition) is 2. The Morgan fingerprint density at radius 1 is 1.25 bits per heavy atom. The van der Waals surface area contributed by atoms with Crippen LogP contribution < -0.4 is 0 Å². The summed E-state index contributed by atoms with van der Waals surface area (Å²) in [5.74, 6) is -0.0175. The van der Waals surface area contributed by atoms with E-state index in [-0.39, 0.29) is 0 Å². The third-order valence-corrected chi connectivity index (χ3v) is 3.90. The van der Waals surface area contributed by atoms with Crippen molar-refractivity contribution in [2.24, 2.45) is 0 Å². The molecule has 1 fully saturated rings. The van der Waals surface area contributed by atoms with Crippen LogP contribution in [0.4, 0.5) is 4.39 Å². The molecule has 1 saturated carbocycles. The van der Waals surface area contributed by atoms with Gasteiger partial charge >= 0.3 is 0 Å². The van der Waals surface area contributed by atoms with E-state index in [9.17, 15) is 4.39 Å². The summed E-state index contributed by atoms with van der Waals surface area (Å²) >= 11 is 6.04. The van der Waals surface area contributed by atoms with Crippen LogP contribution in [0.2, 0.25) is 5.02 Å². The highest BCUT2D eigenvalue weighted by Gasteiger charge is 2.29. The van der Waals surface area contributed by atoms with Gasteiger partial charge in [0.25, 0.3) is 0 Å². The van der Waals surface area contributed by atoms with Gasteiger partial charge < -0.3 is 4.57 Å². The molecule has 100 valence electrons. The Hall–Kier alpha value is -1.94. The molecule has 0 saturated heterocycles. The van der Waals surface area contributed by atoms with E-state index in [1.54, 1.807) is 0 Å². The van der Waals surface area contributed by atoms with E-state index in [1.807, 2.05) is 35.0 Å². The first-order chi connectivity index (χ1) is 9.74. The van der Waals surface area contributed by atoms with E-state index in [0.717, 1.165) is 24.1 Å². The largest absolute Gasteiger partial charge is 0.301 e. The Morgan fingerprint density at radius 2 is 2.10 bits per heavy atom. The molecular weight excluding hydrogens is 277 g/mol. The first-order valence-electron chi connectivity index (χ1n) is 6.51. The number of aromatic nitrogens is 3. The van der Waals surface area contributed by atoms with Gasteiger partial charge in [0, 0.05) is 16.9 Å². The van der Waals surface area contributed by atoms with Crippen molar-refractivity contribution in [1.82, 2.24) is 14.5 Å². The molecule has 0 bridgehead atoms. The van der Waals surface area contributed by atoms with Gasteiger partial charge in [-0.05, 0) is 42.5 Å². The van der Waals surface area contributed by atoms with E-state index in [1.165, 1.54) is 6.33 Å². The molecule has 3 nitrogen and oxygen atoms in total. The number of halogens is 2. The zero-order valence-electron chi connectivity index (χ0n) is 10.6. The minimum atomic E-state index is -0.447. The number of benzene rings is 1. The molecule has 0 N–H and O–H groups in total. The van der Waals surface area contributed by atoms with Gasteiger partial charge in [-0.3, -0.25) is 0 Å². The lowest BCUT2D eigenvalue weighted by molar-refractivity contribution is 0.592. The molecule has 4 rings (SSSR count). The van der Waals surface area contributed by atoms with Crippen LogP contribution in [-0.2, 0) is 0 Å². The van der Waals surface area contributed by atoms with Crippen LogP contribution in [0.5, 0.6) is 0 Å². The van der Waals surface area contributed by atoms with Crippen molar-refractivity contribution in [3.63, 3.8) is 0 Å². The zero-order valence-corrected chi connectivity index (χ0v) is 11.3. The topological polar surface area (TPSA) is 30.7 Å². The Balaban J connectivity index is 2.02. The van der Waals surface area contributed by atoms with Crippen molar-refractivity contribution in [3.05, 3.63) is 53.3 Å². The molecule has 1 aliphatic carbocycles. The van der Waals surface area contributed by atoms with E-state index in [2.05, 4.69) is 9.97 Å². The summed E-state index contributed by atoms with van der Waals surface area (Å²) in [6.07, 6.45) is 5.42. The first kappa shape index (κ1) is 11.9. The van der Waals surface area contributed by atoms with Gasteiger partial charge in [-0.2, -0.15) is 4.39 Å². The third-order valence-electron chi connectivity index (χ3n) is 3.67. The van der Waals surface area contributed by atoms with E-state index < -0.39 is 5.95 Å². The molecule has 0 unspecified atom stereocenters. The maximum absolute atomic E-state index is 14.1. The van der Waals surface area contributed by atoms with Crippen LogP contribution in [0.25, 0.3) is 16.7 Å². The molecule has 0 atom stereocenters. The van der Waals surface area contributed by atoms with Gasteiger partial charge in [0.2, 0.25) is 5.95 Å². The van der Waals surface area contributed by atoms with Gasteiger partial charge in [-0.15, -0.1) is 0 Å². The molecule has 2 heterocycles. The summed E-state index contributed by atoms with van der Waals surface area (Å²) in [7, 11) is 0. The third kappa shape index (κ3) is 1.79. The molecule has 2 aromatic heterocycles. The van der Waals surface area contributed by atoms with Crippen molar-refractivity contribution in [2.75, 3.05) is 0 Å². The maximum atomic E-state index is 14.1. The fourth-order valence-electron chi connectivity index (χ4n) is 2.58. The van der Waals surface area contributed by atoms with Crippen molar-refractivity contribution >= 4 is 22.6 Å². The zero-order chi connectivity index (χ0) is 13.7. The number of nitrogens with zero attached hydrogens (tertiary/aromatic N) is 3. The number of rotatable bonds is 2. The smallest absolute Gasteiger partial charge is 0.225 e. The van der Waals surface area contributed by atoms with Gasteiger partial charge in [0.15, 0.2) is 5.65 Å². The van der Waals surface area contributed by atoms with E-state index in [0.29, 0.717) is 22.0 Å². The quantitative estimate of drug-likeness (QED) is 0.665. The number of hydrogen-bond donors (Lipinski definition) is 0. The van der Waals surface area contributed by atoms with Gasteiger partial charge in [-0.25, -0.2) is 9.97 Å². The summed E-state index contributed by atoms with van der Waals surface area (Å²) < 4.78 is 15.9. The predicted octanol–water partition coefficient (Wildman–Crippen LogP) is 4.09. The Bertz CT molecular complexity index is 808. The molecule has 0 aliphatic heterocycles. The molecule has 20 heavy (non-hydrogen) atoms. The highest BCUT2D eigenvalue weighted by atomic mass is 35.5. The highest BCUT2D eigenvalue weighted by Crippen LogP contribution is 2.44. The standard InChI is InChI=1S/C15H11ClFN3/c16-10-2-1-3-11(6-10)20-7-12(9-4-5-9)13-14(17)18-8-19-15(13)20/h1-3,6-9H,4-5H2. The Morgan fingerprint density at radius 3 is 2.85 bits per heavy atom. The van der Waals surface area contributed by atoms with Crippen molar-refractivity contribution in [2.45, 2.75) is 18.8 Å². The molecule has 3 aromatic rings. The van der Waals surface area contributed by atoms with Gasteiger partial charge in [-0.1, -0.05) is 17.7 Å². The molecule has 1 aliphatic rings. The summed E-state index contributed by atoms with van der Waals surface area (Å²) in [6, 6.07) is 7.46. The lowest BCUT2D eigenvalue weighted by Gasteiger charge is -2.04. The lowest BCUT2D eigenvalue weighted by atomic mass is 10.1. The van der Waals surface area contributed by atoms with Crippen molar-refractivity contribution < 1.29 is 4.39 Å². The van der Waals surface area contributed by atoms with Crippen molar-refractivity contribution in [3.8, 4) is 5.69 Å². The maximum Gasteiger partial charge on any atom is 0.225 e. The second-order valence-corrected chi connectivity index (χ2v) is 5.51. The second-order valence-electron chi connectivity index (χ2n) is 5.07. The van der Waals surface area contributed by atoms with Crippen LogP contribution in [-0.4, -0.2) is 14.5 Å². The average Bonchev–Trinajstić information content (AvgIpc) is 3.20. The SMILES string of the molecule is Fc1ncnc2c1c(C1CC1)cn2-c1cccc(Cl)c1. The Labute approximate surface area is 120 Å². The van der Waals surface area contributed by atoms with Crippen LogP contribution in [0.3, 0.4) is 0 Å². The van der Waals surface area contributed by atoms with Crippen LogP contribution in [0.15, 0.2) is 36.8 Å². The Kier molecular flexibility index (Phi) is 2.54. The fourth-order valence-corrected chi connectivity index (χ4v) is 2.76. The second kappa shape index (κ2) is 4.28. The normalized spacial score (nSPS) is 14.9. The predicted molar refractivity (Wildman–Crippen MR) is 75.8 cm³/mol. The van der Waals surface area contributed by atoms with E-state index >= 15 is 0 Å². The minimum absolute atomic E-state index is 0.429. The molecule has 5 heteroatoms. The molecule has 1 aromatic carbocycles. The minimum Gasteiger partial charge on any atom is -0.301 e. The summed E-state index contributed by atoms with van der Waals surface area (Å²) in [5, 5.41) is 1.18. The average molecular weight is 288 g/mol. The molecule has 0 radical (unpaired) electrons. The van der Waals surface area contributed by atoms with Gasteiger partial charge in [0.1, 0.15) is 6.33 Å². The number of fused-ring (bicyclic) bond motifs is 1. The fraction of sp³-hybridized carbons (Fsp3) is 0.200. The molecular formula is C15H11ClFN3. The first-order valence-corrected chi connectivity index (χ1v) is 6.89. The molecule has 0 amide bonds.